The molecule has 0 saturated carbocycles. The van der Waals surface area contributed by atoms with Crippen LogP contribution in [0.25, 0.3) is 0 Å². The molecule has 35 heavy (non-hydrogen) atoms. The van der Waals surface area contributed by atoms with Crippen molar-refractivity contribution < 1.29 is 22.7 Å². The lowest BCUT2D eigenvalue weighted by atomic mass is 10.0. The Morgan fingerprint density at radius 3 is 2.03 bits per heavy atom. The molecule has 0 aliphatic heterocycles. The number of ether oxygens (including phenoxy) is 1. The summed E-state index contributed by atoms with van der Waals surface area (Å²) in [4.78, 5) is 28.1. The van der Waals surface area contributed by atoms with Crippen molar-refractivity contribution in [2.24, 2.45) is 0 Å². The summed E-state index contributed by atoms with van der Waals surface area (Å²) in [7, 11) is -2.56. The Hall–Kier alpha value is -3.49. The van der Waals surface area contributed by atoms with Gasteiger partial charge in [0, 0.05) is 19.2 Å². The topological polar surface area (TPSA) is 84.0 Å². The van der Waals surface area contributed by atoms with Gasteiger partial charge >= 0.3 is 5.97 Å². The van der Waals surface area contributed by atoms with Crippen molar-refractivity contribution >= 4 is 27.6 Å². The molecular weight excluding hydrogens is 464 g/mol. The minimum atomic E-state index is -3.91. The van der Waals surface area contributed by atoms with Crippen LogP contribution in [0.3, 0.4) is 0 Å². The van der Waals surface area contributed by atoms with E-state index >= 15 is 0 Å². The molecule has 7 nitrogen and oxygen atoms in total. The zero-order valence-electron chi connectivity index (χ0n) is 20.1. The third-order valence-corrected chi connectivity index (χ3v) is 7.35. The number of rotatable bonds is 10. The van der Waals surface area contributed by atoms with Gasteiger partial charge in [-0.25, -0.2) is 13.2 Å². The Kier molecular flexibility index (Phi) is 8.78. The summed E-state index contributed by atoms with van der Waals surface area (Å²) in [6, 6.07) is 23.5. The lowest BCUT2D eigenvalue weighted by Gasteiger charge is -2.32. The van der Waals surface area contributed by atoms with Gasteiger partial charge < -0.3 is 4.74 Å². The standard InChI is InChI=1S/C27H30N2O5S/c1-4-34-27(31)25(19-22-11-7-5-8-12-22)29(23-13-9-6-10-14-23)26(30)20-28(3)35(32,33)24-17-15-21(2)16-18-24/h5-18,25H,4,19-20H2,1-3H3/t25-/m0/s1. The molecule has 0 heterocycles. The van der Waals surface area contributed by atoms with Gasteiger partial charge in [0.2, 0.25) is 15.9 Å². The van der Waals surface area contributed by atoms with Gasteiger partial charge in [0.25, 0.3) is 0 Å². The van der Waals surface area contributed by atoms with E-state index in [0.717, 1.165) is 15.4 Å². The molecule has 3 aromatic rings. The maximum Gasteiger partial charge on any atom is 0.329 e. The highest BCUT2D eigenvalue weighted by Crippen LogP contribution is 2.22. The number of hydrogen-bond acceptors (Lipinski definition) is 5. The molecular formula is C27H30N2O5S. The SMILES string of the molecule is CCOC(=O)[C@H](Cc1ccccc1)N(C(=O)CN(C)S(=O)(=O)c1ccc(C)cc1)c1ccccc1. The fraction of sp³-hybridized carbons (Fsp3) is 0.259. The van der Waals surface area contributed by atoms with Gasteiger partial charge in [0.1, 0.15) is 6.04 Å². The number of esters is 1. The fourth-order valence-corrected chi connectivity index (χ4v) is 4.80. The van der Waals surface area contributed by atoms with E-state index in [0.29, 0.717) is 5.69 Å². The van der Waals surface area contributed by atoms with Gasteiger partial charge in [-0.05, 0) is 43.7 Å². The number of amides is 1. The Balaban J connectivity index is 1.96. The van der Waals surface area contributed by atoms with E-state index in [1.54, 1.807) is 49.4 Å². The average molecular weight is 495 g/mol. The number of carbonyl (C=O) groups is 2. The molecule has 0 aromatic heterocycles. The molecule has 3 aromatic carbocycles. The number of carbonyl (C=O) groups excluding carboxylic acids is 2. The van der Waals surface area contributed by atoms with Crippen molar-refractivity contribution in [2.45, 2.75) is 31.2 Å². The van der Waals surface area contributed by atoms with Gasteiger partial charge in [-0.1, -0.05) is 66.2 Å². The van der Waals surface area contributed by atoms with E-state index < -0.39 is 34.5 Å². The molecule has 0 radical (unpaired) electrons. The maximum atomic E-state index is 13.6. The Bertz CT molecular complexity index is 1230. The number of nitrogens with zero attached hydrogens (tertiary/aromatic N) is 2. The lowest BCUT2D eigenvalue weighted by molar-refractivity contribution is -0.146. The van der Waals surface area contributed by atoms with Crippen molar-refractivity contribution in [3.8, 4) is 0 Å². The molecule has 0 bridgehead atoms. The van der Waals surface area contributed by atoms with Gasteiger partial charge in [0.05, 0.1) is 18.0 Å². The minimum absolute atomic E-state index is 0.0934. The van der Waals surface area contributed by atoms with Crippen LogP contribution in [0.2, 0.25) is 0 Å². The van der Waals surface area contributed by atoms with Crippen LogP contribution < -0.4 is 4.90 Å². The molecule has 3 rings (SSSR count). The van der Waals surface area contributed by atoms with Crippen LogP contribution in [-0.2, 0) is 30.8 Å². The lowest BCUT2D eigenvalue weighted by Crippen LogP contribution is -2.51. The average Bonchev–Trinajstić information content (AvgIpc) is 2.85. The second-order valence-corrected chi connectivity index (χ2v) is 10.2. The van der Waals surface area contributed by atoms with E-state index in [-0.39, 0.29) is 17.9 Å². The van der Waals surface area contributed by atoms with E-state index in [1.165, 1.54) is 24.1 Å². The largest absolute Gasteiger partial charge is 0.464 e. The van der Waals surface area contributed by atoms with Crippen LogP contribution in [0.4, 0.5) is 5.69 Å². The van der Waals surface area contributed by atoms with Gasteiger partial charge in [-0.2, -0.15) is 4.31 Å². The first-order chi connectivity index (χ1) is 16.7. The van der Waals surface area contributed by atoms with Crippen LogP contribution in [0.1, 0.15) is 18.1 Å². The van der Waals surface area contributed by atoms with Crippen LogP contribution >= 0.6 is 0 Å². The van der Waals surface area contributed by atoms with Crippen molar-refractivity contribution in [3.63, 3.8) is 0 Å². The summed E-state index contributed by atoms with van der Waals surface area (Å²) in [5.41, 5.74) is 2.25. The van der Waals surface area contributed by atoms with Gasteiger partial charge in [-0.3, -0.25) is 9.69 Å². The zero-order chi connectivity index (χ0) is 25.4. The number of aryl methyl sites for hydroxylation is 1. The molecule has 1 amide bonds. The van der Waals surface area contributed by atoms with Gasteiger partial charge in [0.15, 0.2) is 0 Å². The van der Waals surface area contributed by atoms with E-state index in [9.17, 15) is 18.0 Å². The molecule has 0 spiro atoms. The monoisotopic (exact) mass is 494 g/mol. The summed E-state index contributed by atoms with van der Waals surface area (Å²) in [6.45, 7) is 3.27. The van der Waals surface area contributed by atoms with Crippen molar-refractivity contribution in [1.82, 2.24) is 4.31 Å². The number of hydrogen-bond donors (Lipinski definition) is 0. The molecule has 0 N–H and O–H groups in total. The number of sulfonamides is 1. The fourth-order valence-electron chi connectivity index (χ4n) is 3.68. The quantitative estimate of drug-likeness (QED) is 0.400. The Labute approximate surface area is 207 Å². The highest BCUT2D eigenvalue weighted by Gasteiger charge is 2.34. The second-order valence-electron chi connectivity index (χ2n) is 8.13. The summed E-state index contributed by atoms with van der Waals surface area (Å²) in [5.74, 6) is -1.10. The number of benzene rings is 3. The molecule has 0 aliphatic carbocycles. The summed E-state index contributed by atoms with van der Waals surface area (Å²) in [5, 5.41) is 0. The summed E-state index contributed by atoms with van der Waals surface area (Å²) in [6.07, 6.45) is 0.217. The van der Waals surface area contributed by atoms with E-state index in [1.807, 2.05) is 37.3 Å². The van der Waals surface area contributed by atoms with Crippen molar-refractivity contribution in [1.29, 1.82) is 0 Å². The molecule has 0 unspecified atom stereocenters. The van der Waals surface area contributed by atoms with Gasteiger partial charge in [-0.15, -0.1) is 0 Å². The predicted molar refractivity (Wildman–Crippen MR) is 135 cm³/mol. The van der Waals surface area contributed by atoms with Crippen LogP contribution in [0, 0.1) is 6.92 Å². The first-order valence-electron chi connectivity index (χ1n) is 11.3. The molecule has 0 fully saturated rings. The number of anilines is 1. The smallest absolute Gasteiger partial charge is 0.329 e. The first-order valence-corrected chi connectivity index (χ1v) is 12.8. The van der Waals surface area contributed by atoms with Crippen LogP contribution in [0.15, 0.2) is 89.8 Å². The maximum absolute atomic E-state index is 13.6. The molecule has 1 atom stereocenters. The molecule has 184 valence electrons. The van der Waals surface area contributed by atoms with Crippen molar-refractivity contribution in [3.05, 3.63) is 96.1 Å². The minimum Gasteiger partial charge on any atom is -0.464 e. The Morgan fingerprint density at radius 1 is 0.886 bits per heavy atom. The normalized spacial score (nSPS) is 12.2. The second kappa shape index (κ2) is 11.8. The molecule has 0 aliphatic rings. The highest BCUT2D eigenvalue weighted by molar-refractivity contribution is 7.89. The number of para-hydroxylation sites is 1. The Morgan fingerprint density at radius 2 is 1.46 bits per heavy atom. The van der Waals surface area contributed by atoms with E-state index in [2.05, 4.69) is 0 Å². The summed E-state index contributed by atoms with van der Waals surface area (Å²) >= 11 is 0. The third kappa shape index (κ3) is 6.55. The zero-order valence-corrected chi connectivity index (χ0v) is 20.9. The number of likely N-dealkylation sites (N-methyl/N-ethyl adjacent to an activating group) is 1. The predicted octanol–water partition coefficient (Wildman–Crippen LogP) is 3.82. The molecule has 8 heteroatoms. The highest BCUT2D eigenvalue weighted by atomic mass is 32.2. The summed E-state index contributed by atoms with van der Waals surface area (Å²) < 4.78 is 32.5. The van der Waals surface area contributed by atoms with E-state index in [4.69, 9.17) is 4.74 Å². The third-order valence-electron chi connectivity index (χ3n) is 5.53. The van der Waals surface area contributed by atoms with Crippen LogP contribution in [0.5, 0.6) is 0 Å². The first kappa shape index (κ1) is 26.1. The van der Waals surface area contributed by atoms with Crippen molar-refractivity contribution in [2.75, 3.05) is 25.1 Å². The molecule has 0 saturated heterocycles. The van der Waals surface area contributed by atoms with Crippen LogP contribution in [-0.4, -0.2) is 50.8 Å².